The van der Waals surface area contributed by atoms with E-state index in [2.05, 4.69) is 32.0 Å². The lowest BCUT2D eigenvalue weighted by molar-refractivity contribution is -0.132. The molecule has 1 aliphatic rings. The van der Waals surface area contributed by atoms with E-state index in [1.165, 1.54) is 32.9 Å². The molecule has 0 spiro atoms. The fourth-order valence-corrected chi connectivity index (χ4v) is 4.06. The summed E-state index contributed by atoms with van der Waals surface area (Å²) in [5.41, 5.74) is 3.71. The Labute approximate surface area is 153 Å². The second-order valence-electron chi connectivity index (χ2n) is 6.73. The molecular formula is C20H24N2O2S. The van der Waals surface area contributed by atoms with E-state index in [4.69, 9.17) is 0 Å². The van der Waals surface area contributed by atoms with Crippen molar-refractivity contribution < 1.29 is 9.59 Å². The van der Waals surface area contributed by atoms with Crippen LogP contribution in [0.4, 0.5) is 0 Å². The zero-order chi connectivity index (χ0) is 18.0. The van der Waals surface area contributed by atoms with Gasteiger partial charge in [-0.05, 0) is 54.8 Å². The molecule has 5 heteroatoms. The van der Waals surface area contributed by atoms with Crippen LogP contribution >= 0.6 is 11.3 Å². The smallest absolute Gasteiger partial charge is 0.264 e. The average Bonchev–Trinajstić information content (AvgIpc) is 3.28. The first-order valence-corrected chi connectivity index (χ1v) is 9.51. The van der Waals surface area contributed by atoms with Crippen LogP contribution in [0.15, 0.2) is 35.7 Å². The van der Waals surface area contributed by atoms with E-state index in [0.29, 0.717) is 4.88 Å². The standard InChI is InChI=1S/C20H24N2O2S/c1-14-8-9-16(12-15(14)2)17-6-4-10-22(17)19(23)13-21(3)20(24)18-7-5-11-25-18/h5,7-9,11-12,17H,4,6,10,13H2,1-3H3. The Morgan fingerprint density at radius 2 is 2.04 bits per heavy atom. The normalized spacial score (nSPS) is 16.9. The molecule has 1 aromatic carbocycles. The maximum absolute atomic E-state index is 12.8. The molecule has 25 heavy (non-hydrogen) atoms. The van der Waals surface area contributed by atoms with Gasteiger partial charge in [-0.1, -0.05) is 24.3 Å². The molecule has 0 aliphatic carbocycles. The summed E-state index contributed by atoms with van der Waals surface area (Å²) in [6.07, 6.45) is 1.99. The van der Waals surface area contributed by atoms with Crippen LogP contribution in [-0.2, 0) is 4.79 Å². The van der Waals surface area contributed by atoms with Gasteiger partial charge >= 0.3 is 0 Å². The zero-order valence-electron chi connectivity index (χ0n) is 15.0. The number of hydrogen-bond donors (Lipinski definition) is 0. The molecular weight excluding hydrogens is 332 g/mol. The van der Waals surface area contributed by atoms with Crippen molar-refractivity contribution in [1.82, 2.24) is 9.80 Å². The summed E-state index contributed by atoms with van der Waals surface area (Å²) in [6, 6.07) is 10.2. The van der Waals surface area contributed by atoms with E-state index in [1.807, 2.05) is 16.3 Å². The van der Waals surface area contributed by atoms with Crippen LogP contribution in [-0.4, -0.2) is 41.8 Å². The lowest BCUT2D eigenvalue weighted by Gasteiger charge is -2.27. The molecule has 0 N–H and O–H groups in total. The fourth-order valence-electron chi connectivity index (χ4n) is 3.34. The maximum Gasteiger partial charge on any atom is 0.264 e. The van der Waals surface area contributed by atoms with Crippen LogP contribution in [0.5, 0.6) is 0 Å². The van der Waals surface area contributed by atoms with E-state index in [1.54, 1.807) is 13.1 Å². The summed E-state index contributed by atoms with van der Waals surface area (Å²) >= 11 is 1.40. The Bertz CT molecular complexity index is 770. The summed E-state index contributed by atoms with van der Waals surface area (Å²) < 4.78 is 0. The van der Waals surface area contributed by atoms with E-state index in [-0.39, 0.29) is 24.4 Å². The van der Waals surface area contributed by atoms with Gasteiger partial charge in [-0.15, -0.1) is 11.3 Å². The summed E-state index contributed by atoms with van der Waals surface area (Å²) in [5.74, 6) is -0.0709. The molecule has 1 aromatic heterocycles. The van der Waals surface area contributed by atoms with Gasteiger partial charge in [0.1, 0.15) is 0 Å². The molecule has 4 nitrogen and oxygen atoms in total. The van der Waals surface area contributed by atoms with E-state index < -0.39 is 0 Å². The first-order valence-electron chi connectivity index (χ1n) is 8.63. The number of thiophene rings is 1. The van der Waals surface area contributed by atoms with Gasteiger partial charge in [0.15, 0.2) is 0 Å². The Morgan fingerprint density at radius 1 is 1.24 bits per heavy atom. The third-order valence-electron chi connectivity index (χ3n) is 4.94. The summed E-state index contributed by atoms with van der Waals surface area (Å²) in [6.45, 7) is 5.09. The van der Waals surface area contributed by atoms with Gasteiger partial charge in [0.25, 0.3) is 5.91 Å². The van der Waals surface area contributed by atoms with Gasteiger partial charge in [-0.3, -0.25) is 9.59 Å². The topological polar surface area (TPSA) is 40.6 Å². The molecule has 1 atom stereocenters. The molecule has 0 radical (unpaired) electrons. The van der Waals surface area contributed by atoms with E-state index >= 15 is 0 Å². The lowest BCUT2D eigenvalue weighted by atomic mass is 9.99. The highest BCUT2D eigenvalue weighted by atomic mass is 32.1. The molecule has 1 saturated heterocycles. The third kappa shape index (κ3) is 3.76. The summed E-state index contributed by atoms with van der Waals surface area (Å²) in [5, 5.41) is 1.87. The second-order valence-corrected chi connectivity index (χ2v) is 7.68. The van der Waals surface area contributed by atoms with Gasteiger partial charge in [-0.2, -0.15) is 0 Å². The summed E-state index contributed by atoms with van der Waals surface area (Å²) in [7, 11) is 1.70. The quantitative estimate of drug-likeness (QED) is 0.836. The maximum atomic E-state index is 12.8. The number of amides is 2. The van der Waals surface area contributed by atoms with Crippen molar-refractivity contribution in [3.05, 3.63) is 57.3 Å². The minimum Gasteiger partial charge on any atom is -0.334 e. The molecule has 0 saturated carbocycles. The molecule has 0 bridgehead atoms. The van der Waals surface area contributed by atoms with Crippen molar-refractivity contribution >= 4 is 23.2 Å². The summed E-state index contributed by atoms with van der Waals surface area (Å²) in [4.78, 5) is 29.3. The Kier molecular flexibility index (Phi) is 5.23. The number of benzene rings is 1. The highest BCUT2D eigenvalue weighted by molar-refractivity contribution is 7.12. The van der Waals surface area contributed by atoms with E-state index in [0.717, 1.165) is 19.4 Å². The average molecular weight is 356 g/mol. The highest BCUT2D eigenvalue weighted by Gasteiger charge is 2.31. The number of carbonyl (C=O) groups excluding carboxylic acids is 2. The van der Waals surface area contributed by atoms with Gasteiger partial charge in [0.2, 0.25) is 5.91 Å². The van der Waals surface area contributed by atoms with Gasteiger partial charge in [-0.25, -0.2) is 0 Å². The van der Waals surface area contributed by atoms with Crippen molar-refractivity contribution in [2.45, 2.75) is 32.7 Å². The largest absolute Gasteiger partial charge is 0.334 e. The predicted molar refractivity (Wildman–Crippen MR) is 101 cm³/mol. The van der Waals surface area contributed by atoms with Crippen molar-refractivity contribution in [3.8, 4) is 0 Å². The van der Waals surface area contributed by atoms with Crippen LogP contribution in [0, 0.1) is 13.8 Å². The zero-order valence-corrected chi connectivity index (χ0v) is 15.8. The Balaban J connectivity index is 1.70. The number of hydrogen-bond acceptors (Lipinski definition) is 3. The van der Waals surface area contributed by atoms with Crippen LogP contribution in [0.3, 0.4) is 0 Å². The molecule has 2 aromatic rings. The van der Waals surface area contributed by atoms with Crippen molar-refractivity contribution in [3.63, 3.8) is 0 Å². The van der Waals surface area contributed by atoms with Crippen LogP contribution in [0.1, 0.15) is 45.2 Å². The van der Waals surface area contributed by atoms with Crippen molar-refractivity contribution in [1.29, 1.82) is 0 Å². The molecule has 2 amide bonds. The number of nitrogens with zero attached hydrogens (tertiary/aromatic N) is 2. The Hall–Kier alpha value is -2.14. The number of likely N-dealkylation sites (N-methyl/N-ethyl adjacent to an activating group) is 1. The number of carbonyl (C=O) groups is 2. The molecule has 2 heterocycles. The van der Waals surface area contributed by atoms with E-state index in [9.17, 15) is 9.59 Å². The lowest BCUT2D eigenvalue weighted by Crippen LogP contribution is -2.40. The minimum absolute atomic E-state index is 0.0214. The highest BCUT2D eigenvalue weighted by Crippen LogP contribution is 2.33. The molecule has 1 fully saturated rings. The monoisotopic (exact) mass is 356 g/mol. The second kappa shape index (κ2) is 7.40. The first-order chi connectivity index (χ1) is 12.0. The minimum atomic E-state index is -0.0923. The number of rotatable bonds is 4. The SMILES string of the molecule is Cc1ccc(C2CCCN2C(=O)CN(C)C(=O)c2cccs2)cc1C. The van der Waals surface area contributed by atoms with Crippen molar-refractivity contribution in [2.24, 2.45) is 0 Å². The molecule has 132 valence electrons. The molecule has 1 unspecified atom stereocenters. The van der Waals surface area contributed by atoms with Crippen molar-refractivity contribution in [2.75, 3.05) is 20.1 Å². The van der Waals surface area contributed by atoms with Gasteiger partial charge in [0, 0.05) is 13.6 Å². The van der Waals surface area contributed by atoms with Crippen LogP contribution in [0.2, 0.25) is 0 Å². The number of aryl methyl sites for hydroxylation is 2. The van der Waals surface area contributed by atoms with Gasteiger partial charge < -0.3 is 9.80 Å². The van der Waals surface area contributed by atoms with Crippen LogP contribution in [0.25, 0.3) is 0 Å². The predicted octanol–water partition coefficient (Wildman–Crippen LogP) is 3.80. The molecule has 1 aliphatic heterocycles. The number of likely N-dealkylation sites (tertiary alicyclic amines) is 1. The first kappa shape index (κ1) is 17.7. The van der Waals surface area contributed by atoms with Crippen LogP contribution < -0.4 is 0 Å². The third-order valence-corrected chi connectivity index (χ3v) is 5.80. The Morgan fingerprint density at radius 3 is 2.72 bits per heavy atom. The molecule has 3 rings (SSSR count). The fraction of sp³-hybridized carbons (Fsp3) is 0.400. The van der Waals surface area contributed by atoms with Gasteiger partial charge in [0.05, 0.1) is 17.5 Å².